The Bertz CT molecular complexity index is 374. The molecule has 0 rings (SSSR count). The van der Waals surface area contributed by atoms with Crippen molar-refractivity contribution in [1.29, 1.82) is 0 Å². The first-order valence-corrected chi connectivity index (χ1v) is 8.77. The molecule has 0 spiro atoms. The van der Waals surface area contributed by atoms with Gasteiger partial charge in [-0.15, -0.1) is 0 Å². The minimum Gasteiger partial charge on any atom is -0.309 e. The van der Waals surface area contributed by atoms with Gasteiger partial charge in [-0.05, 0) is 27.2 Å². The molecule has 1 atom stereocenters. The van der Waals surface area contributed by atoms with Gasteiger partial charge in [0, 0.05) is 0 Å². The van der Waals surface area contributed by atoms with Gasteiger partial charge in [-0.25, -0.2) is 0 Å². The third-order valence-electron chi connectivity index (χ3n) is 3.26. The van der Waals surface area contributed by atoms with Crippen molar-refractivity contribution in [2.24, 2.45) is 5.41 Å². The van der Waals surface area contributed by atoms with E-state index in [0.29, 0.717) is 6.42 Å². The summed E-state index contributed by atoms with van der Waals surface area (Å²) in [5, 5.41) is 0. The van der Waals surface area contributed by atoms with Gasteiger partial charge < -0.3 is 9.05 Å². The Morgan fingerprint density at radius 2 is 1.57 bits per heavy atom. The van der Waals surface area contributed by atoms with Crippen LogP contribution in [-0.2, 0) is 18.4 Å². The highest BCUT2D eigenvalue weighted by Crippen LogP contribution is 2.52. The Morgan fingerprint density at radius 1 is 1.10 bits per heavy atom. The van der Waals surface area contributed by atoms with E-state index < -0.39 is 31.1 Å². The van der Waals surface area contributed by atoms with Gasteiger partial charge in [0.25, 0.3) is 0 Å². The smallest absolute Gasteiger partial charge is 0.309 e. The summed E-state index contributed by atoms with van der Waals surface area (Å²) in [7, 11) is -3.82. The van der Waals surface area contributed by atoms with Gasteiger partial charge in [0.05, 0.1) is 13.2 Å². The number of carbonyl (C=O) groups excluding carboxylic acids is 1. The molecular weight excluding hydrogens is 308 g/mol. The van der Waals surface area contributed by atoms with Gasteiger partial charge in [-0.3, -0.25) is 9.36 Å². The molecule has 21 heavy (non-hydrogen) atoms. The summed E-state index contributed by atoms with van der Waals surface area (Å²) in [6, 6.07) is 0. The van der Waals surface area contributed by atoms with Crippen LogP contribution in [0.2, 0.25) is 0 Å². The van der Waals surface area contributed by atoms with E-state index in [0.717, 1.165) is 6.92 Å². The predicted octanol–water partition coefficient (Wildman–Crippen LogP) is 4.58. The number of hydrogen-bond donors (Lipinski definition) is 0. The molecule has 0 saturated carbocycles. The van der Waals surface area contributed by atoms with Crippen LogP contribution in [0.1, 0.15) is 47.0 Å². The zero-order chi connectivity index (χ0) is 16.7. The number of ketones is 1. The first-order chi connectivity index (χ1) is 9.56. The highest BCUT2D eigenvalue weighted by atomic mass is 31.2. The molecule has 0 radical (unpaired) electrons. The van der Waals surface area contributed by atoms with E-state index in [2.05, 4.69) is 0 Å². The summed E-state index contributed by atoms with van der Waals surface area (Å²) < 4.78 is 61.7. The lowest BCUT2D eigenvalue weighted by atomic mass is 9.80. The summed E-state index contributed by atoms with van der Waals surface area (Å²) in [5.41, 5.74) is -2.52. The van der Waals surface area contributed by atoms with Crippen LogP contribution in [0.3, 0.4) is 0 Å². The molecule has 4 nitrogen and oxygen atoms in total. The Kier molecular flexibility index (Phi) is 8.14. The number of unbranched alkanes of at least 4 members (excludes halogenated alkanes) is 1. The monoisotopic (exact) mass is 332 g/mol. The van der Waals surface area contributed by atoms with E-state index in [4.69, 9.17) is 9.05 Å². The summed E-state index contributed by atoms with van der Waals surface area (Å²) in [6.07, 6.45) is -5.08. The second-order valence-corrected chi connectivity index (χ2v) is 7.02. The average molecular weight is 332 g/mol. The third-order valence-corrected chi connectivity index (χ3v) is 5.24. The van der Waals surface area contributed by atoms with Gasteiger partial charge in [-0.2, -0.15) is 13.2 Å². The van der Waals surface area contributed by atoms with Crippen molar-refractivity contribution < 1.29 is 31.6 Å². The highest BCUT2D eigenvalue weighted by molar-refractivity contribution is 7.54. The van der Waals surface area contributed by atoms with Gasteiger partial charge in [0.15, 0.2) is 5.78 Å². The van der Waals surface area contributed by atoms with Crippen molar-refractivity contribution in [3.63, 3.8) is 0 Å². The van der Waals surface area contributed by atoms with Crippen molar-refractivity contribution >= 4 is 13.4 Å². The molecule has 0 aromatic rings. The van der Waals surface area contributed by atoms with Gasteiger partial charge in [0.2, 0.25) is 0 Å². The van der Waals surface area contributed by atoms with E-state index in [1.54, 1.807) is 6.92 Å². The highest BCUT2D eigenvalue weighted by Gasteiger charge is 2.56. The predicted molar refractivity (Wildman–Crippen MR) is 74.4 cm³/mol. The van der Waals surface area contributed by atoms with Crippen molar-refractivity contribution in [3.05, 3.63) is 0 Å². The van der Waals surface area contributed by atoms with E-state index in [9.17, 15) is 22.5 Å². The van der Waals surface area contributed by atoms with Crippen LogP contribution < -0.4 is 0 Å². The number of rotatable bonds is 10. The third kappa shape index (κ3) is 5.72. The Labute approximate surface area is 123 Å². The van der Waals surface area contributed by atoms with Crippen LogP contribution in [-0.4, -0.2) is 31.3 Å². The van der Waals surface area contributed by atoms with E-state index in [1.807, 2.05) is 0 Å². The topological polar surface area (TPSA) is 52.6 Å². The molecule has 0 fully saturated rings. The fraction of sp³-hybridized carbons (Fsp3) is 0.923. The number of hydrogen-bond acceptors (Lipinski definition) is 4. The minimum atomic E-state index is -4.69. The lowest BCUT2D eigenvalue weighted by molar-refractivity contribution is -0.216. The number of Topliss-reactive ketones (excluding diaryl/α,β-unsaturated/α-hetero) is 1. The normalized spacial score (nSPS) is 15.8. The molecule has 0 aliphatic carbocycles. The number of halogens is 3. The maximum absolute atomic E-state index is 13.2. The van der Waals surface area contributed by atoms with E-state index in [1.165, 1.54) is 13.8 Å². The SMILES string of the molecule is CCCCC(C)(C(=O)CP(=O)(OCC)OCC)C(F)(F)F. The molecule has 0 amide bonds. The van der Waals surface area contributed by atoms with Gasteiger partial charge in [-0.1, -0.05) is 19.8 Å². The lowest BCUT2D eigenvalue weighted by Gasteiger charge is -2.31. The molecule has 1 unspecified atom stereocenters. The number of alkyl halides is 3. The van der Waals surface area contributed by atoms with Crippen LogP contribution in [0.5, 0.6) is 0 Å². The maximum Gasteiger partial charge on any atom is 0.401 e. The van der Waals surface area contributed by atoms with Crippen LogP contribution >= 0.6 is 7.60 Å². The molecule has 0 aromatic heterocycles. The molecule has 0 aromatic carbocycles. The second kappa shape index (κ2) is 8.30. The fourth-order valence-corrected chi connectivity index (χ4v) is 3.59. The van der Waals surface area contributed by atoms with Crippen molar-refractivity contribution in [2.75, 3.05) is 19.4 Å². The molecule has 0 aliphatic heterocycles. The summed E-state index contributed by atoms with van der Waals surface area (Å²) >= 11 is 0. The van der Waals surface area contributed by atoms with Crippen LogP contribution in [0.25, 0.3) is 0 Å². The van der Waals surface area contributed by atoms with Gasteiger partial charge >= 0.3 is 13.8 Å². The Morgan fingerprint density at radius 3 is 1.90 bits per heavy atom. The fourth-order valence-electron chi connectivity index (χ4n) is 1.84. The number of carbonyl (C=O) groups is 1. The molecule has 0 aliphatic rings. The van der Waals surface area contributed by atoms with Crippen LogP contribution in [0.15, 0.2) is 0 Å². The van der Waals surface area contributed by atoms with Gasteiger partial charge in [0.1, 0.15) is 11.6 Å². The standard InChI is InChI=1S/C13H24F3O4P/c1-5-8-9-12(4,13(14,15)16)11(17)10-21(18,19-6-2)20-7-3/h5-10H2,1-4H3. The van der Waals surface area contributed by atoms with Crippen LogP contribution in [0, 0.1) is 5.41 Å². The molecule has 0 saturated heterocycles. The molecule has 0 N–H and O–H groups in total. The summed E-state index contributed by atoms with van der Waals surface area (Å²) in [6.45, 7) is 5.68. The Balaban J connectivity index is 5.26. The zero-order valence-electron chi connectivity index (χ0n) is 13.0. The first-order valence-electron chi connectivity index (χ1n) is 7.04. The summed E-state index contributed by atoms with van der Waals surface area (Å²) in [4.78, 5) is 12.1. The zero-order valence-corrected chi connectivity index (χ0v) is 13.9. The van der Waals surface area contributed by atoms with Crippen molar-refractivity contribution in [2.45, 2.75) is 53.1 Å². The summed E-state index contributed by atoms with van der Waals surface area (Å²) in [5.74, 6) is -1.14. The van der Waals surface area contributed by atoms with Crippen LogP contribution in [0.4, 0.5) is 13.2 Å². The van der Waals surface area contributed by atoms with Crippen molar-refractivity contribution in [3.8, 4) is 0 Å². The first kappa shape index (κ1) is 20.6. The molecule has 8 heteroatoms. The van der Waals surface area contributed by atoms with E-state index >= 15 is 0 Å². The largest absolute Gasteiger partial charge is 0.401 e. The lowest BCUT2D eigenvalue weighted by Crippen LogP contribution is -2.44. The van der Waals surface area contributed by atoms with Crippen molar-refractivity contribution in [1.82, 2.24) is 0 Å². The van der Waals surface area contributed by atoms with E-state index in [-0.39, 0.29) is 26.1 Å². The molecule has 0 heterocycles. The average Bonchev–Trinajstić information content (AvgIpc) is 2.34. The molecule has 0 bridgehead atoms. The minimum absolute atomic E-state index is 0.00223. The molecule has 126 valence electrons. The second-order valence-electron chi connectivity index (χ2n) is 4.96. The quantitative estimate of drug-likeness (QED) is 0.550. The Hall–Kier alpha value is -0.390. The molecular formula is C13H24F3O4P. The maximum atomic E-state index is 13.2.